The number of ketones is 1. The number of benzene rings is 1. The molecule has 0 amide bonds. The second kappa shape index (κ2) is 7.47. The van der Waals surface area contributed by atoms with E-state index in [9.17, 15) is 13.6 Å². The average Bonchev–Trinajstić information content (AvgIpc) is 3.25. The lowest BCUT2D eigenvalue weighted by Crippen LogP contribution is -2.13. The Morgan fingerprint density at radius 3 is 2.60 bits per heavy atom. The fraction of sp³-hybridized carbons (Fsp3) is 0.188. The zero-order valence-electron chi connectivity index (χ0n) is 12.9. The third kappa shape index (κ3) is 4.24. The fourth-order valence-electron chi connectivity index (χ4n) is 2.00. The van der Waals surface area contributed by atoms with Crippen LogP contribution in [0.2, 0.25) is 0 Å². The Morgan fingerprint density at radius 1 is 1.20 bits per heavy atom. The van der Waals surface area contributed by atoms with Crippen molar-refractivity contribution in [3.8, 4) is 17.4 Å². The molecular weight excluding hydrogens is 354 g/mol. The second-order valence-corrected chi connectivity index (χ2v) is 6.17. The molecule has 0 radical (unpaired) electrons. The molecule has 0 bridgehead atoms. The molecular formula is C16H12F2N2O4S. The number of hydrogen-bond acceptors (Lipinski definition) is 7. The van der Waals surface area contributed by atoms with Crippen molar-refractivity contribution in [2.75, 3.05) is 0 Å². The third-order valence-electron chi connectivity index (χ3n) is 3.15. The van der Waals surface area contributed by atoms with Gasteiger partial charge in [0.25, 0.3) is 11.1 Å². The lowest BCUT2D eigenvalue weighted by Gasteiger charge is -2.08. The fourth-order valence-corrected chi connectivity index (χ4v) is 2.76. The van der Waals surface area contributed by atoms with E-state index in [1.165, 1.54) is 30.5 Å². The maximum Gasteiger partial charge on any atom is 0.387 e. The maximum absolute atomic E-state index is 12.4. The van der Waals surface area contributed by atoms with Crippen LogP contribution in [0.25, 0.3) is 11.7 Å². The van der Waals surface area contributed by atoms with Crippen LogP contribution in [-0.4, -0.2) is 27.8 Å². The largest absolute Gasteiger partial charge is 0.459 e. The van der Waals surface area contributed by atoms with Crippen LogP contribution < -0.4 is 4.74 Å². The van der Waals surface area contributed by atoms with Crippen molar-refractivity contribution in [2.24, 2.45) is 0 Å². The van der Waals surface area contributed by atoms with Crippen molar-refractivity contribution in [1.82, 2.24) is 10.2 Å². The molecule has 2 aromatic heterocycles. The highest BCUT2D eigenvalue weighted by Gasteiger charge is 2.21. The molecule has 25 heavy (non-hydrogen) atoms. The van der Waals surface area contributed by atoms with Gasteiger partial charge in [0.15, 0.2) is 11.5 Å². The number of thioether (sulfide) groups is 1. The molecule has 2 heterocycles. The summed E-state index contributed by atoms with van der Waals surface area (Å²) in [6, 6.07) is 8.87. The molecule has 9 heteroatoms. The van der Waals surface area contributed by atoms with E-state index in [2.05, 4.69) is 14.9 Å². The van der Waals surface area contributed by atoms with Crippen molar-refractivity contribution in [3.63, 3.8) is 0 Å². The summed E-state index contributed by atoms with van der Waals surface area (Å²) in [7, 11) is 0. The molecule has 0 aliphatic heterocycles. The minimum absolute atomic E-state index is 0.00755. The normalized spacial score (nSPS) is 12.3. The van der Waals surface area contributed by atoms with Crippen LogP contribution in [-0.2, 0) is 0 Å². The second-order valence-electron chi connectivity index (χ2n) is 4.88. The number of Topliss-reactive ketones (excluding diaryl/α,β-unsaturated/α-hetero) is 1. The van der Waals surface area contributed by atoms with Crippen molar-refractivity contribution in [3.05, 3.63) is 48.2 Å². The number of halogens is 2. The smallest absolute Gasteiger partial charge is 0.387 e. The number of rotatable bonds is 7. The van der Waals surface area contributed by atoms with Gasteiger partial charge in [-0.2, -0.15) is 8.78 Å². The standard InChI is InChI=1S/C16H12F2N2O4S/c1-9(13(21)10-4-6-11(7-5-10)23-15(17)18)25-16-20-19-14(24-16)12-3-2-8-22-12/h2-9,15H,1H3/t9-/m1/s1. The van der Waals surface area contributed by atoms with Gasteiger partial charge in [-0.05, 0) is 43.3 Å². The first-order valence-electron chi connectivity index (χ1n) is 7.16. The molecule has 0 aliphatic carbocycles. The topological polar surface area (TPSA) is 78.4 Å². The van der Waals surface area contributed by atoms with Gasteiger partial charge >= 0.3 is 6.61 Å². The quantitative estimate of drug-likeness (QED) is 0.456. The number of nitrogens with zero attached hydrogens (tertiary/aromatic N) is 2. The summed E-state index contributed by atoms with van der Waals surface area (Å²) in [5.41, 5.74) is 0.368. The SMILES string of the molecule is C[C@@H](Sc1nnc(-c2ccco2)o1)C(=O)c1ccc(OC(F)F)cc1. The van der Waals surface area contributed by atoms with E-state index in [0.717, 1.165) is 11.8 Å². The minimum atomic E-state index is -2.91. The van der Waals surface area contributed by atoms with E-state index >= 15 is 0 Å². The molecule has 0 unspecified atom stereocenters. The summed E-state index contributed by atoms with van der Waals surface area (Å²) in [6.07, 6.45) is 1.49. The van der Waals surface area contributed by atoms with E-state index in [0.29, 0.717) is 11.3 Å². The lowest BCUT2D eigenvalue weighted by atomic mass is 10.1. The van der Waals surface area contributed by atoms with Gasteiger partial charge in [-0.25, -0.2) is 0 Å². The van der Waals surface area contributed by atoms with Crippen molar-refractivity contribution >= 4 is 17.5 Å². The van der Waals surface area contributed by atoms with Gasteiger partial charge in [0.2, 0.25) is 0 Å². The molecule has 0 fully saturated rings. The van der Waals surface area contributed by atoms with E-state index < -0.39 is 11.9 Å². The summed E-state index contributed by atoms with van der Waals surface area (Å²) in [5, 5.41) is 7.44. The maximum atomic E-state index is 12.4. The zero-order valence-corrected chi connectivity index (χ0v) is 13.7. The van der Waals surface area contributed by atoms with E-state index in [-0.39, 0.29) is 22.6 Å². The first-order chi connectivity index (χ1) is 12.0. The first kappa shape index (κ1) is 17.2. The number of aromatic nitrogens is 2. The molecule has 0 saturated heterocycles. The van der Waals surface area contributed by atoms with Crippen LogP contribution in [0.15, 0.2) is 56.7 Å². The Hall–Kier alpha value is -2.68. The van der Waals surface area contributed by atoms with Gasteiger partial charge < -0.3 is 13.6 Å². The monoisotopic (exact) mass is 366 g/mol. The summed E-state index contributed by atoms with van der Waals surface area (Å²) in [4.78, 5) is 12.4. The molecule has 0 spiro atoms. The summed E-state index contributed by atoms with van der Waals surface area (Å²) in [5.74, 6) is 0.451. The predicted octanol–water partition coefficient (Wildman–Crippen LogP) is 4.29. The molecule has 130 valence electrons. The molecule has 6 nitrogen and oxygen atoms in total. The van der Waals surface area contributed by atoms with Crippen LogP contribution in [0, 0.1) is 0 Å². The molecule has 0 N–H and O–H groups in total. The molecule has 0 aliphatic rings. The van der Waals surface area contributed by atoms with Gasteiger partial charge in [-0.3, -0.25) is 4.79 Å². The van der Waals surface area contributed by atoms with Gasteiger partial charge in [-0.15, -0.1) is 10.2 Å². The minimum Gasteiger partial charge on any atom is -0.459 e. The lowest BCUT2D eigenvalue weighted by molar-refractivity contribution is -0.0498. The Morgan fingerprint density at radius 2 is 1.96 bits per heavy atom. The molecule has 1 atom stereocenters. The molecule has 3 aromatic rings. The van der Waals surface area contributed by atoms with Gasteiger partial charge in [0, 0.05) is 5.56 Å². The highest BCUT2D eigenvalue weighted by Crippen LogP contribution is 2.28. The Balaban J connectivity index is 1.64. The van der Waals surface area contributed by atoms with Gasteiger partial charge in [-0.1, -0.05) is 11.8 Å². The number of carbonyl (C=O) groups excluding carboxylic acids is 1. The van der Waals surface area contributed by atoms with Crippen molar-refractivity contribution in [2.45, 2.75) is 24.0 Å². The van der Waals surface area contributed by atoms with Crippen LogP contribution in [0.3, 0.4) is 0 Å². The van der Waals surface area contributed by atoms with Crippen LogP contribution in [0.4, 0.5) is 8.78 Å². The summed E-state index contributed by atoms with van der Waals surface area (Å²) >= 11 is 1.10. The van der Waals surface area contributed by atoms with Crippen LogP contribution in [0.5, 0.6) is 5.75 Å². The van der Waals surface area contributed by atoms with Crippen molar-refractivity contribution in [1.29, 1.82) is 0 Å². The number of furan rings is 1. The first-order valence-corrected chi connectivity index (χ1v) is 8.04. The Kier molecular flexibility index (Phi) is 5.13. The van der Waals surface area contributed by atoms with E-state index in [1.54, 1.807) is 19.1 Å². The van der Waals surface area contributed by atoms with E-state index in [4.69, 9.17) is 8.83 Å². The van der Waals surface area contributed by atoms with Crippen molar-refractivity contribution < 1.29 is 27.1 Å². The highest BCUT2D eigenvalue weighted by atomic mass is 32.2. The molecule has 0 saturated carbocycles. The van der Waals surface area contributed by atoms with Gasteiger partial charge in [0.1, 0.15) is 5.75 Å². The van der Waals surface area contributed by atoms with Crippen LogP contribution in [0.1, 0.15) is 17.3 Å². The number of carbonyl (C=O) groups is 1. The molecule has 1 aromatic carbocycles. The van der Waals surface area contributed by atoms with Crippen LogP contribution >= 0.6 is 11.8 Å². The predicted molar refractivity (Wildman–Crippen MR) is 84.7 cm³/mol. The zero-order chi connectivity index (χ0) is 17.8. The number of hydrogen-bond donors (Lipinski definition) is 0. The van der Waals surface area contributed by atoms with Gasteiger partial charge in [0.05, 0.1) is 11.5 Å². The third-order valence-corrected chi connectivity index (χ3v) is 4.08. The highest BCUT2D eigenvalue weighted by molar-refractivity contribution is 8.00. The average molecular weight is 366 g/mol. The Bertz CT molecular complexity index is 834. The number of ether oxygens (including phenoxy) is 1. The molecule has 3 rings (SSSR count). The summed E-state index contributed by atoms with van der Waals surface area (Å²) in [6.45, 7) is -1.22. The Labute approximate surface area is 145 Å². The summed E-state index contributed by atoms with van der Waals surface area (Å²) < 4.78 is 39.1. The number of alkyl halides is 2. The van der Waals surface area contributed by atoms with E-state index in [1.807, 2.05) is 0 Å².